The van der Waals surface area contributed by atoms with E-state index in [1.807, 2.05) is 0 Å². The Balaban J connectivity index is 1.93. The molecule has 24 heavy (non-hydrogen) atoms. The van der Waals surface area contributed by atoms with Gasteiger partial charge in [0.05, 0.1) is 10.7 Å². The fourth-order valence-electron chi connectivity index (χ4n) is 2.42. The smallest absolute Gasteiger partial charge is 0.243 e. The van der Waals surface area contributed by atoms with Crippen molar-refractivity contribution in [3.8, 4) is 0 Å². The second kappa shape index (κ2) is 8.17. The molecule has 0 radical (unpaired) electrons. The van der Waals surface area contributed by atoms with E-state index in [0.717, 1.165) is 6.08 Å². The molecule has 6 nitrogen and oxygen atoms in total. The summed E-state index contributed by atoms with van der Waals surface area (Å²) in [4.78, 5) is 37.1. The molecule has 1 aliphatic rings. The minimum absolute atomic E-state index is 0.236. The number of nitrogens with zero attached hydrogens (tertiary/aromatic N) is 1. The highest BCUT2D eigenvalue weighted by molar-refractivity contribution is 6.36. The lowest BCUT2D eigenvalue weighted by Gasteiger charge is -2.18. The van der Waals surface area contributed by atoms with Crippen molar-refractivity contribution >= 4 is 46.6 Å². The van der Waals surface area contributed by atoms with Gasteiger partial charge in [0.15, 0.2) is 0 Å². The SMILES string of the molecule is C=CC(=O)NCCNC(=O)C1CCN(c2cc(Cl)ccc2Cl)C1=O. The first-order valence-electron chi connectivity index (χ1n) is 7.38. The van der Waals surface area contributed by atoms with Crippen molar-refractivity contribution in [3.63, 3.8) is 0 Å². The van der Waals surface area contributed by atoms with Crippen molar-refractivity contribution in [3.05, 3.63) is 40.9 Å². The van der Waals surface area contributed by atoms with Gasteiger partial charge in [0.25, 0.3) is 0 Å². The van der Waals surface area contributed by atoms with E-state index < -0.39 is 5.92 Å². The van der Waals surface area contributed by atoms with Crippen molar-refractivity contribution in [2.75, 3.05) is 24.5 Å². The van der Waals surface area contributed by atoms with Gasteiger partial charge in [0, 0.05) is 24.7 Å². The van der Waals surface area contributed by atoms with Gasteiger partial charge in [0.2, 0.25) is 17.7 Å². The molecule has 0 aliphatic carbocycles. The Morgan fingerprint density at radius 2 is 2.00 bits per heavy atom. The molecule has 1 saturated heterocycles. The summed E-state index contributed by atoms with van der Waals surface area (Å²) in [5, 5.41) is 6.05. The van der Waals surface area contributed by atoms with Crippen LogP contribution in [-0.2, 0) is 14.4 Å². The molecular formula is C16H17Cl2N3O3. The monoisotopic (exact) mass is 369 g/mol. The summed E-state index contributed by atoms with van der Waals surface area (Å²) in [5.74, 6) is -1.77. The number of anilines is 1. The van der Waals surface area contributed by atoms with Crippen LogP contribution in [0.4, 0.5) is 5.69 Å². The van der Waals surface area contributed by atoms with Crippen LogP contribution in [0.1, 0.15) is 6.42 Å². The van der Waals surface area contributed by atoms with E-state index in [2.05, 4.69) is 17.2 Å². The number of nitrogens with one attached hydrogen (secondary N) is 2. The summed E-state index contributed by atoms with van der Waals surface area (Å²) >= 11 is 12.1. The fraction of sp³-hybridized carbons (Fsp3) is 0.312. The average molecular weight is 370 g/mol. The lowest BCUT2D eigenvalue weighted by molar-refractivity contribution is -0.132. The van der Waals surface area contributed by atoms with Gasteiger partial charge in [-0.15, -0.1) is 0 Å². The maximum Gasteiger partial charge on any atom is 0.243 e. The van der Waals surface area contributed by atoms with Crippen molar-refractivity contribution in [2.45, 2.75) is 6.42 Å². The lowest BCUT2D eigenvalue weighted by Crippen LogP contribution is -2.40. The molecule has 0 bridgehead atoms. The Hall–Kier alpha value is -2.05. The zero-order chi connectivity index (χ0) is 17.7. The van der Waals surface area contributed by atoms with E-state index in [1.165, 1.54) is 4.90 Å². The number of carbonyl (C=O) groups is 3. The normalized spacial score (nSPS) is 16.8. The van der Waals surface area contributed by atoms with Crippen LogP contribution < -0.4 is 15.5 Å². The van der Waals surface area contributed by atoms with E-state index in [0.29, 0.717) is 28.7 Å². The van der Waals surface area contributed by atoms with E-state index in [9.17, 15) is 14.4 Å². The quantitative estimate of drug-likeness (QED) is 0.455. The molecule has 1 heterocycles. The average Bonchev–Trinajstić information content (AvgIpc) is 2.94. The van der Waals surface area contributed by atoms with E-state index in [1.54, 1.807) is 18.2 Å². The number of benzene rings is 1. The van der Waals surface area contributed by atoms with E-state index >= 15 is 0 Å². The Morgan fingerprint density at radius 3 is 2.71 bits per heavy atom. The van der Waals surface area contributed by atoms with Crippen LogP contribution in [0.2, 0.25) is 10.0 Å². The standard InChI is InChI=1S/C16H17Cl2N3O3/c1-2-14(22)19-6-7-20-15(23)11-5-8-21(16(11)24)13-9-10(17)3-4-12(13)18/h2-4,9,11H,1,5-8H2,(H,19,22)(H,20,23). The molecule has 0 aromatic heterocycles. The number of amides is 3. The lowest BCUT2D eigenvalue weighted by atomic mass is 10.1. The molecule has 0 spiro atoms. The molecule has 1 aromatic rings. The Labute approximate surface area is 149 Å². The van der Waals surface area contributed by atoms with Crippen LogP contribution in [0.15, 0.2) is 30.9 Å². The van der Waals surface area contributed by atoms with Crippen LogP contribution in [0.3, 0.4) is 0 Å². The number of hydrogen-bond donors (Lipinski definition) is 2. The summed E-state index contributed by atoms with van der Waals surface area (Å²) in [6, 6.07) is 4.85. The highest BCUT2D eigenvalue weighted by atomic mass is 35.5. The van der Waals surface area contributed by atoms with Crippen molar-refractivity contribution in [2.24, 2.45) is 5.92 Å². The van der Waals surface area contributed by atoms with Gasteiger partial charge in [0.1, 0.15) is 5.92 Å². The van der Waals surface area contributed by atoms with Crippen molar-refractivity contribution in [1.29, 1.82) is 0 Å². The Kier molecular flexibility index (Phi) is 6.23. The summed E-state index contributed by atoms with van der Waals surface area (Å²) in [6.07, 6.45) is 1.54. The number of carbonyl (C=O) groups excluding carboxylic acids is 3. The first-order chi connectivity index (χ1) is 11.4. The third-order valence-electron chi connectivity index (χ3n) is 3.63. The second-order valence-corrected chi connectivity index (χ2v) is 6.06. The zero-order valence-electron chi connectivity index (χ0n) is 12.9. The summed E-state index contributed by atoms with van der Waals surface area (Å²) in [7, 11) is 0. The molecule has 1 unspecified atom stereocenters. The minimum atomic E-state index is -0.768. The van der Waals surface area contributed by atoms with Gasteiger partial charge >= 0.3 is 0 Å². The van der Waals surface area contributed by atoms with Gasteiger partial charge in [-0.2, -0.15) is 0 Å². The van der Waals surface area contributed by atoms with Crippen LogP contribution in [0, 0.1) is 5.92 Å². The first kappa shape index (κ1) is 18.3. The molecule has 128 valence electrons. The minimum Gasteiger partial charge on any atom is -0.354 e. The van der Waals surface area contributed by atoms with Crippen molar-refractivity contribution < 1.29 is 14.4 Å². The molecule has 1 aliphatic heterocycles. The summed E-state index contributed by atoms with van der Waals surface area (Å²) < 4.78 is 0. The van der Waals surface area contributed by atoms with Gasteiger partial charge in [-0.3, -0.25) is 14.4 Å². The molecule has 1 fully saturated rings. The molecule has 3 amide bonds. The van der Waals surface area contributed by atoms with Crippen LogP contribution in [0.25, 0.3) is 0 Å². The second-order valence-electron chi connectivity index (χ2n) is 5.21. The molecule has 1 atom stereocenters. The third-order valence-corrected chi connectivity index (χ3v) is 4.18. The van der Waals surface area contributed by atoms with Gasteiger partial charge in [-0.25, -0.2) is 0 Å². The highest BCUT2D eigenvalue weighted by Crippen LogP contribution is 2.33. The molecule has 2 rings (SSSR count). The van der Waals surface area contributed by atoms with E-state index in [4.69, 9.17) is 23.2 Å². The topological polar surface area (TPSA) is 78.5 Å². The molecule has 1 aromatic carbocycles. The molecule has 2 N–H and O–H groups in total. The van der Waals surface area contributed by atoms with Gasteiger partial charge in [-0.1, -0.05) is 29.8 Å². The highest BCUT2D eigenvalue weighted by Gasteiger charge is 2.38. The first-order valence-corrected chi connectivity index (χ1v) is 8.14. The zero-order valence-corrected chi connectivity index (χ0v) is 14.4. The predicted octanol–water partition coefficient (Wildman–Crippen LogP) is 1.76. The van der Waals surface area contributed by atoms with Crippen LogP contribution in [-0.4, -0.2) is 37.4 Å². The Bertz CT molecular complexity index is 679. The molecule has 0 saturated carbocycles. The van der Waals surface area contributed by atoms with Crippen LogP contribution >= 0.6 is 23.2 Å². The maximum absolute atomic E-state index is 12.5. The van der Waals surface area contributed by atoms with Crippen molar-refractivity contribution in [1.82, 2.24) is 10.6 Å². The third kappa shape index (κ3) is 4.27. The molecule has 8 heteroatoms. The Morgan fingerprint density at radius 1 is 1.29 bits per heavy atom. The summed E-state index contributed by atoms with van der Waals surface area (Å²) in [5.41, 5.74) is 0.503. The number of hydrogen-bond acceptors (Lipinski definition) is 3. The number of rotatable bonds is 6. The van der Waals surface area contributed by atoms with Gasteiger partial charge < -0.3 is 15.5 Å². The largest absolute Gasteiger partial charge is 0.354 e. The molecular weight excluding hydrogens is 353 g/mol. The summed E-state index contributed by atoms with van der Waals surface area (Å²) in [6.45, 7) is 4.22. The van der Waals surface area contributed by atoms with Crippen LogP contribution in [0.5, 0.6) is 0 Å². The number of halogens is 2. The van der Waals surface area contributed by atoms with E-state index in [-0.39, 0.29) is 30.8 Å². The van der Waals surface area contributed by atoms with Gasteiger partial charge in [-0.05, 0) is 30.7 Å². The maximum atomic E-state index is 12.5. The predicted molar refractivity (Wildman–Crippen MR) is 93.1 cm³/mol. The fourth-order valence-corrected chi connectivity index (χ4v) is 2.81.